The number of para-hydroxylation sites is 1. The summed E-state index contributed by atoms with van der Waals surface area (Å²) in [6.45, 7) is 1.22. The number of carbonyl (C=O) groups excluding carboxylic acids is 1. The summed E-state index contributed by atoms with van der Waals surface area (Å²) in [6, 6.07) is 9.89. The van der Waals surface area contributed by atoms with Gasteiger partial charge in [0.15, 0.2) is 0 Å². The monoisotopic (exact) mass is 262 g/mol. The van der Waals surface area contributed by atoms with E-state index in [4.69, 9.17) is 5.11 Å². The zero-order valence-corrected chi connectivity index (χ0v) is 10.9. The number of aliphatic carboxylic acids is 1. The lowest BCUT2D eigenvalue weighted by molar-refractivity contribution is -0.140. The van der Waals surface area contributed by atoms with Crippen molar-refractivity contribution in [3.05, 3.63) is 30.3 Å². The molecule has 0 aromatic heterocycles. The minimum absolute atomic E-state index is 0.145. The van der Waals surface area contributed by atoms with Gasteiger partial charge in [0.2, 0.25) is 5.91 Å². The van der Waals surface area contributed by atoms with E-state index >= 15 is 0 Å². The van der Waals surface area contributed by atoms with Crippen LogP contribution in [0.4, 0.5) is 5.69 Å². The largest absolute Gasteiger partial charge is 0.481 e. The lowest BCUT2D eigenvalue weighted by atomic mass is 10.3. The van der Waals surface area contributed by atoms with Gasteiger partial charge in [-0.05, 0) is 18.6 Å². The zero-order chi connectivity index (χ0) is 13.8. The summed E-state index contributed by atoms with van der Waals surface area (Å²) in [4.78, 5) is 24.3. The smallest absolute Gasteiger partial charge is 0.307 e. The molecule has 0 saturated heterocycles. The summed E-state index contributed by atoms with van der Waals surface area (Å²) >= 11 is 0. The van der Waals surface area contributed by atoms with Crippen molar-refractivity contribution in [2.24, 2.45) is 11.8 Å². The van der Waals surface area contributed by atoms with Crippen LogP contribution in [0.3, 0.4) is 0 Å². The zero-order valence-electron chi connectivity index (χ0n) is 10.9. The molecular formula is C14H18N2O3. The average Bonchev–Trinajstić information content (AvgIpc) is 3.20. The van der Waals surface area contributed by atoms with Crippen molar-refractivity contribution in [3.63, 3.8) is 0 Å². The van der Waals surface area contributed by atoms with Gasteiger partial charge in [0.05, 0.1) is 11.8 Å². The first-order valence-corrected chi connectivity index (χ1v) is 6.36. The summed E-state index contributed by atoms with van der Waals surface area (Å²) in [5, 5.41) is 11.5. The molecule has 19 heavy (non-hydrogen) atoms. The Balaban J connectivity index is 1.70. The van der Waals surface area contributed by atoms with Crippen LogP contribution in [-0.4, -0.2) is 37.1 Å². The minimum atomic E-state index is -0.874. The van der Waals surface area contributed by atoms with Gasteiger partial charge in [-0.1, -0.05) is 18.2 Å². The summed E-state index contributed by atoms with van der Waals surface area (Å²) in [6.07, 6.45) is 0.468. The van der Waals surface area contributed by atoms with E-state index in [9.17, 15) is 9.59 Å². The fourth-order valence-corrected chi connectivity index (χ4v) is 2.05. The number of rotatable bonds is 6. The highest BCUT2D eigenvalue weighted by atomic mass is 16.4. The molecule has 1 aliphatic rings. The van der Waals surface area contributed by atoms with E-state index in [1.807, 2.05) is 42.3 Å². The van der Waals surface area contributed by atoms with E-state index in [1.54, 1.807) is 0 Å². The van der Waals surface area contributed by atoms with Crippen LogP contribution in [0, 0.1) is 11.8 Å². The second-order valence-electron chi connectivity index (χ2n) is 4.84. The number of carbonyl (C=O) groups is 2. The first-order chi connectivity index (χ1) is 9.09. The van der Waals surface area contributed by atoms with E-state index in [0.717, 1.165) is 5.69 Å². The molecule has 1 aromatic rings. The van der Waals surface area contributed by atoms with Gasteiger partial charge in [-0.25, -0.2) is 0 Å². The van der Waals surface area contributed by atoms with Gasteiger partial charge in [-0.2, -0.15) is 0 Å². The molecule has 5 heteroatoms. The number of nitrogens with zero attached hydrogens (tertiary/aromatic N) is 1. The molecule has 102 valence electrons. The van der Waals surface area contributed by atoms with Crippen molar-refractivity contribution in [2.45, 2.75) is 6.42 Å². The molecule has 1 amide bonds. The third-order valence-corrected chi connectivity index (χ3v) is 3.39. The molecule has 1 fully saturated rings. The van der Waals surface area contributed by atoms with E-state index in [1.165, 1.54) is 0 Å². The van der Waals surface area contributed by atoms with Crippen molar-refractivity contribution in [1.82, 2.24) is 5.32 Å². The highest BCUT2D eigenvalue weighted by molar-refractivity contribution is 5.89. The van der Waals surface area contributed by atoms with Crippen molar-refractivity contribution < 1.29 is 14.7 Å². The number of benzene rings is 1. The molecular weight excluding hydrogens is 244 g/mol. The molecule has 2 unspecified atom stereocenters. The van der Waals surface area contributed by atoms with Gasteiger partial charge in [0.25, 0.3) is 0 Å². The molecule has 0 heterocycles. The van der Waals surface area contributed by atoms with Gasteiger partial charge in [-0.3, -0.25) is 9.59 Å². The number of anilines is 1. The van der Waals surface area contributed by atoms with Crippen LogP contribution in [0.15, 0.2) is 30.3 Å². The maximum Gasteiger partial charge on any atom is 0.307 e. The molecule has 0 radical (unpaired) electrons. The molecule has 0 bridgehead atoms. The fraction of sp³-hybridized carbons (Fsp3) is 0.429. The Morgan fingerprint density at radius 1 is 1.32 bits per heavy atom. The molecule has 2 atom stereocenters. The summed E-state index contributed by atoms with van der Waals surface area (Å²) in [5.74, 6) is -1.83. The highest BCUT2D eigenvalue weighted by Crippen LogP contribution is 2.38. The molecule has 2 rings (SSSR count). The van der Waals surface area contributed by atoms with Crippen molar-refractivity contribution >= 4 is 17.6 Å². The molecule has 0 spiro atoms. The predicted octanol–water partition coefficient (Wildman–Crippen LogP) is 0.960. The van der Waals surface area contributed by atoms with Crippen LogP contribution < -0.4 is 10.2 Å². The maximum atomic E-state index is 11.6. The van der Waals surface area contributed by atoms with Crippen LogP contribution in [-0.2, 0) is 9.59 Å². The van der Waals surface area contributed by atoms with Crippen molar-refractivity contribution in [3.8, 4) is 0 Å². The van der Waals surface area contributed by atoms with Gasteiger partial charge < -0.3 is 15.3 Å². The highest BCUT2D eigenvalue weighted by Gasteiger charge is 2.48. The normalized spacial score (nSPS) is 20.7. The maximum absolute atomic E-state index is 11.6. The number of amides is 1. The molecule has 1 aromatic carbocycles. The summed E-state index contributed by atoms with van der Waals surface area (Å²) in [5.41, 5.74) is 1.09. The van der Waals surface area contributed by atoms with Crippen LogP contribution >= 0.6 is 0 Å². The molecule has 0 aliphatic heterocycles. The number of nitrogens with one attached hydrogen (secondary N) is 1. The lowest BCUT2D eigenvalue weighted by Gasteiger charge is -2.19. The van der Waals surface area contributed by atoms with E-state index in [2.05, 4.69) is 5.32 Å². The molecule has 2 N–H and O–H groups in total. The third kappa shape index (κ3) is 3.47. The average molecular weight is 262 g/mol. The Kier molecular flexibility index (Phi) is 4.04. The lowest BCUT2D eigenvalue weighted by Crippen LogP contribution is -2.34. The van der Waals surface area contributed by atoms with E-state index < -0.39 is 11.9 Å². The van der Waals surface area contributed by atoms with Gasteiger partial charge >= 0.3 is 5.97 Å². The Morgan fingerprint density at radius 3 is 2.58 bits per heavy atom. The molecule has 5 nitrogen and oxygen atoms in total. The third-order valence-electron chi connectivity index (χ3n) is 3.39. The quantitative estimate of drug-likeness (QED) is 0.801. The summed E-state index contributed by atoms with van der Waals surface area (Å²) in [7, 11) is 1.96. The van der Waals surface area contributed by atoms with E-state index in [0.29, 0.717) is 19.5 Å². The minimum Gasteiger partial charge on any atom is -0.481 e. The standard InChI is InChI=1S/C14H18N2O3/c1-16(10-5-3-2-4-6-10)8-7-15-13(17)11-9-12(11)14(18)19/h2-6,11-12H,7-9H2,1H3,(H,15,17)(H,18,19). The molecule has 1 aliphatic carbocycles. The van der Waals surface area contributed by atoms with Crippen LogP contribution in [0.2, 0.25) is 0 Å². The topological polar surface area (TPSA) is 69.6 Å². The Hall–Kier alpha value is -2.04. The number of hydrogen-bond donors (Lipinski definition) is 2. The van der Waals surface area contributed by atoms with Crippen LogP contribution in [0.1, 0.15) is 6.42 Å². The summed E-state index contributed by atoms with van der Waals surface area (Å²) < 4.78 is 0. The first-order valence-electron chi connectivity index (χ1n) is 6.36. The number of carboxylic acids is 1. The Labute approximate surface area is 112 Å². The number of likely N-dealkylation sites (N-methyl/N-ethyl adjacent to an activating group) is 1. The first kappa shape index (κ1) is 13.4. The number of hydrogen-bond acceptors (Lipinski definition) is 3. The Morgan fingerprint density at radius 2 is 2.00 bits per heavy atom. The predicted molar refractivity (Wildman–Crippen MR) is 72.0 cm³/mol. The second-order valence-corrected chi connectivity index (χ2v) is 4.84. The van der Waals surface area contributed by atoms with Gasteiger partial charge in [-0.15, -0.1) is 0 Å². The fourth-order valence-electron chi connectivity index (χ4n) is 2.05. The van der Waals surface area contributed by atoms with Crippen molar-refractivity contribution in [2.75, 3.05) is 25.0 Å². The van der Waals surface area contributed by atoms with Crippen LogP contribution in [0.5, 0.6) is 0 Å². The van der Waals surface area contributed by atoms with E-state index in [-0.39, 0.29) is 11.8 Å². The van der Waals surface area contributed by atoms with Crippen LogP contribution in [0.25, 0.3) is 0 Å². The number of carboxylic acid groups (broad SMARTS) is 1. The van der Waals surface area contributed by atoms with Crippen molar-refractivity contribution in [1.29, 1.82) is 0 Å². The second kappa shape index (κ2) is 5.73. The Bertz CT molecular complexity index is 461. The molecule has 1 saturated carbocycles. The van der Waals surface area contributed by atoms with Gasteiger partial charge in [0, 0.05) is 25.8 Å². The SMILES string of the molecule is CN(CCNC(=O)C1CC1C(=O)O)c1ccccc1. The van der Waals surface area contributed by atoms with Gasteiger partial charge in [0.1, 0.15) is 0 Å².